The number of rotatable bonds is 3. The van der Waals surface area contributed by atoms with Crippen LogP contribution in [-0.4, -0.2) is 13.1 Å². The normalized spacial score (nSPS) is 10.4. The van der Waals surface area contributed by atoms with Gasteiger partial charge < -0.3 is 4.74 Å². The van der Waals surface area contributed by atoms with Crippen molar-refractivity contribution in [2.45, 2.75) is 0 Å². The SMILES string of the molecule is COC(=O)c1ccc(/C=C(\C#N)c2ccccc2C#N)cc1. The van der Waals surface area contributed by atoms with Crippen LogP contribution in [0.1, 0.15) is 27.0 Å². The van der Waals surface area contributed by atoms with Crippen molar-refractivity contribution in [3.05, 3.63) is 70.8 Å². The van der Waals surface area contributed by atoms with E-state index in [4.69, 9.17) is 5.26 Å². The van der Waals surface area contributed by atoms with E-state index in [0.717, 1.165) is 5.56 Å². The molecular formula is C18H12N2O2. The lowest BCUT2D eigenvalue weighted by molar-refractivity contribution is 0.0600. The van der Waals surface area contributed by atoms with Crippen molar-refractivity contribution in [2.24, 2.45) is 0 Å². The molecule has 106 valence electrons. The zero-order valence-electron chi connectivity index (χ0n) is 11.9. The molecule has 0 fully saturated rings. The third-order valence-corrected chi connectivity index (χ3v) is 3.10. The standard InChI is InChI=1S/C18H12N2O2/c1-22-18(21)14-8-6-13(7-9-14)10-16(12-20)17-5-3-2-4-15(17)11-19/h2-10H,1H3/b16-10+. The second-order valence-electron chi connectivity index (χ2n) is 4.44. The number of ether oxygens (including phenoxy) is 1. The number of allylic oxidation sites excluding steroid dienone is 1. The Labute approximate surface area is 128 Å². The predicted molar refractivity (Wildman–Crippen MR) is 82.4 cm³/mol. The van der Waals surface area contributed by atoms with Crippen LogP contribution >= 0.6 is 0 Å². The maximum Gasteiger partial charge on any atom is 0.337 e. The number of methoxy groups -OCH3 is 1. The van der Waals surface area contributed by atoms with Gasteiger partial charge in [-0.05, 0) is 29.8 Å². The molecule has 0 bridgehead atoms. The molecule has 4 heteroatoms. The number of carbonyl (C=O) groups excluding carboxylic acids is 1. The summed E-state index contributed by atoms with van der Waals surface area (Å²) in [4.78, 5) is 11.4. The Hall–Kier alpha value is -3.37. The lowest BCUT2D eigenvalue weighted by atomic mass is 9.99. The summed E-state index contributed by atoms with van der Waals surface area (Å²) >= 11 is 0. The van der Waals surface area contributed by atoms with Crippen LogP contribution in [0.15, 0.2) is 48.5 Å². The average Bonchev–Trinajstić information content (AvgIpc) is 2.59. The molecule has 0 aliphatic carbocycles. The molecule has 0 aliphatic rings. The number of nitrogens with zero attached hydrogens (tertiary/aromatic N) is 2. The molecule has 4 nitrogen and oxygen atoms in total. The van der Waals surface area contributed by atoms with Crippen LogP contribution in [-0.2, 0) is 4.74 Å². The van der Waals surface area contributed by atoms with Crippen LogP contribution < -0.4 is 0 Å². The monoisotopic (exact) mass is 288 g/mol. The van der Waals surface area contributed by atoms with Gasteiger partial charge in [0.1, 0.15) is 0 Å². The molecule has 2 aromatic carbocycles. The Morgan fingerprint density at radius 3 is 2.36 bits per heavy atom. The van der Waals surface area contributed by atoms with Crippen molar-refractivity contribution in [3.8, 4) is 12.1 Å². The number of esters is 1. The third-order valence-electron chi connectivity index (χ3n) is 3.10. The highest BCUT2D eigenvalue weighted by molar-refractivity contribution is 5.93. The summed E-state index contributed by atoms with van der Waals surface area (Å²) in [6.45, 7) is 0. The van der Waals surface area contributed by atoms with E-state index in [1.165, 1.54) is 7.11 Å². The predicted octanol–water partition coefficient (Wildman–Crippen LogP) is 3.41. The minimum atomic E-state index is -0.411. The molecule has 0 saturated heterocycles. The van der Waals surface area contributed by atoms with Crippen LogP contribution in [0.5, 0.6) is 0 Å². The fourth-order valence-electron chi connectivity index (χ4n) is 1.99. The maximum atomic E-state index is 11.4. The lowest BCUT2D eigenvalue weighted by Crippen LogP contribution is -2.00. The number of hydrogen-bond acceptors (Lipinski definition) is 4. The molecule has 0 spiro atoms. The topological polar surface area (TPSA) is 73.9 Å². The Balaban J connectivity index is 2.40. The van der Waals surface area contributed by atoms with Crippen LogP contribution in [0.25, 0.3) is 11.6 Å². The van der Waals surface area contributed by atoms with Gasteiger partial charge in [0.2, 0.25) is 0 Å². The molecular weight excluding hydrogens is 276 g/mol. The van der Waals surface area contributed by atoms with E-state index in [1.54, 1.807) is 54.6 Å². The number of hydrogen-bond donors (Lipinski definition) is 0. The first-order chi connectivity index (χ1) is 10.7. The van der Waals surface area contributed by atoms with Gasteiger partial charge in [0.25, 0.3) is 0 Å². The summed E-state index contributed by atoms with van der Waals surface area (Å²) in [5.74, 6) is -0.411. The smallest absolute Gasteiger partial charge is 0.337 e. The third kappa shape index (κ3) is 3.20. The fourth-order valence-corrected chi connectivity index (χ4v) is 1.99. The van der Waals surface area contributed by atoms with Gasteiger partial charge in [-0.2, -0.15) is 10.5 Å². The van der Waals surface area contributed by atoms with E-state index in [1.807, 2.05) is 0 Å². The molecule has 0 amide bonds. The van der Waals surface area contributed by atoms with Gasteiger partial charge in [-0.3, -0.25) is 0 Å². The molecule has 0 aromatic heterocycles. The van der Waals surface area contributed by atoms with Crippen LogP contribution in [0.3, 0.4) is 0 Å². The van der Waals surface area contributed by atoms with E-state index in [0.29, 0.717) is 22.3 Å². The van der Waals surface area contributed by atoms with E-state index in [-0.39, 0.29) is 0 Å². The summed E-state index contributed by atoms with van der Waals surface area (Å²) in [6.07, 6.45) is 1.68. The number of carbonyl (C=O) groups is 1. The molecule has 22 heavy (non-hydrogen) atoms. The zero-order valence-corrected chi connectivity index (χ0v) is 11.9. The van der Waals surface area contributed by atoms with Crippen molar-refractivity contribution in [1.29, 1.82) is 10.5 Å². The van der Waals surface area contributed by atoms with Gasteiger partial charge >= 0.3 is 5.97 Å². The summed E-state index contributed by atoms with van der Waals surface area (Å²) in [5.41, 5.74) is 2.63. The van der Waals surface area contributed by atoms with Crippen molar-refractivity contribution in [3.63, 3.8) is 0 Å². The second kappa shape index (κ2) is 6.88. The molecule has 2 aromatic rings. The second-order valence-corrected chi connectivity index (χ2v) is 4.44. The van der Waals surface area contributed by atoms with Crippen molar-refractivity contribution in [1.82, 2.24) is 0 Å². The number of nitriles is 2. The van der Waals surface area contributed by atoms with Gasteiger partial charge in [-0.15, -0.1) is 0 Å². The van der Waals surface area contributed by atoms with Gasteiger partial charge in [-0.25, -0.2) is 4.79 Å². The highest BCUT2D eigenvalue weighted by atomic mass is 16.5. The Morgan fingerprint density at radius 2 is 1.77 bits per heavy atom. The first-order valence-corrected chi connectivity index (χ1v) is 6.49. The highest BCUT2D eigenvalue weighted by Gasteiger charge is 2.08. The molecule has 2 rings (SSSR count). The van der Waals surface area contributed by atoms with Gasteiger partial charge in [0, 0.05) is 5.56 Å². The fraction of sp³-hybridized carbons (Fsp3) is 0.0556. The Morgan fingerprint density at radius 1 is 1.09 bits per heavy atom. The summed E-state index contributed by atoms with van der Waals surface area (Å²) in [6, 6.07) is 17.8. The molecule has 0 N–H and O–H groups in total. The maximum absolute atomic E-state index is 11.4. The summed E-state index contributed by atoms with van der Waals surface area (Å²) in [7, 11) is 1.32. The molecule has 0 unspecified atom stereocenters. The molecule has 0 aliphatic heterocycles. The molecule has 0 heterocycles. The lowest BCUT2D eigenvalue weighted by Gasteiger charge is -2.03. The molecule has 0 atom stereocenters. The average molecular weight is 288 g/mol. The zero-order chi connectivity index (χ0) is 15.9. The Bertz CT molecular complexity index is 806. The van der Waals surface area contributed by atoms with Crippen LogP contribution in [0.4, 0.5) is 0 Å². The Kier molecular flexibility index (Phi) is 4.70. The first-order valence-electron chi connectivity index (χ1n) is 6.49. The van der Waals surface area contributed by atoms with Gasteiger partial charge in [0.15, 0.2) is 0 Å². The highest BCUT2D eigenvalue weighted by Crippen LogP contribution is 2.21. The van der Waals surface area contributed by atoms with E-state index >= 15 is 0 Å². The van der Waals surface area contributed by atoms with Gasteiger partial charge in [0.05, 0.1) is 35.9 Å². The van der Waals surface area contributed by atoms with Crippen LogP contribution in [0, 0.1) is 22.7 Å². The minimum Gasteiger partial charge on any atom is -0.465 e. The largest absolute Gasteiger partial charge is 0.465 e. The first kappa shape index (κ1) is 15.0. The summed E-state index contributed by atoms with van der Waals surface area (Å²) in [5, 5.41) is 18.5. The van der Waals surface area contributed by atoms with E-state index in [9.17, 15) is 10.1 Å². The number of benzene rings is 2. The molecule has 0 saturated carbocycles. The quantitative estimate of drug-likeness (QED) is 0.493. The van der Waals surface area contributed by atoms with Gasteiger partial charge in [-0.1, -0.05) is 30.3 Å². The van der Waals surface area contributed by atoms with Crippen molar-refractivity contribution >= 4 is 17.6 Å². The van der Waals surface area contributed by atoms with Crippen molar-refractivity contribution < 1.29 is 9.53 Å². The molecule has 0 radical (unpaired) electrons. The summed E-state index contributed by atoms with van der Waals surface area (Å²) < 4.78 is 4.64. The minimum absolute atomic E-state index is 0.392. The van der Waals surface area contributed by atoms with E-state index in [2.05, 4.69) is 16.9 Å². The van der Waals surface area contributed by atoms with E-state index < -0.39 is 5.97 Å². The van der Waals surface area contributed by atoms with Crippen molar-refractivity contribution in [2.75, 3.05) is 7.11 Å². The van der Waals surface area contributed by atoms with Crippen LogP contribution in [0.2, 0.25) is 0 Å².